The van der Waals surface area contributed by atoms with E-state index in [-0.39, 0.29) is 17.7 Å². The molecule has 2 aromatic rings. The van der Waals surface area contributed by atoms with Gasteiger partial charge in [-0.1, -0.05) is 30.7 Å². The summed E-state index contributed by atoms with van der Waals surface area (Å²) in [5.74, 6) is 0.970. The predicted octanol–water partition coefficient (Wildman–Crippen LogP) is 4.22. The first-order valence-corrected chi connectivity index (χ1v) is 9.67. The van der Waals surface area contributed by atoms with Crippen LogP contribution in [-0.2, 0) is 11.2 Å². The molecule has 144 valence electrons. The molecule has 3 rings (SSSR count). The van der Waals surface area contributed by atoms with E-state index < -0.39 is 0 Å². The van der Waals surface area contributed by atoms with Crippen LogP contribution < -0.4 is 9.64 Å². The van der Waals surface area contributed by atoms with Crippen LogP contribution in [0.15, 0.2) is 42.5 Å². The summed E-state index contributed by atoms with van der Waals surface area (Å²) in [5, 5.41) is 0.705. The lowest BCUT2D eigenvalue weighted by Crippen LogP contribution is -2.40. The molecular formula is C22H27ClN2O2. The molecule has 0 saturated carbocycles. The van der Waals surface area contributed by atoms with Gasteiger partial charge < -0.3 is 14.5 Å². The summed E-state index contributed by atoms with van der Waals surface area (Å²) in [6, 6.07) is 13.9. The highest BCUT2D eigenvalue weighted by atomic mass is 35.5. The van der Waals surface area contributed by atoms with E-state index in [4.69, 9.17) is 16.3 Å². The Morgan fingerprint density at radius 2 is 1.89 bits per heavy atom. The molecule has 2 aromatic carbocycles. The Morgan fingerprint density at radius 1 is 1.19 bits per heavy atom. The molecule has 27 heavy (non-hydrogen) atoms. The van der Waals surface area contributed by atoms with Crippen molar-refractivity contribution < 1.29 is 9.53 Å². The van der Waals surface area contributed by atoms with Crippen LogP contribution in [0.2, 0.25) is 5.02 Å². The molecule has 1 amide bonds. The summed E-state index contributed by atoms with van der Waals surface area (Å²) >= 11 is 6.28. The number of hydrogen-bond acceptors (Lipinski definition) is 3. The highest BCUT2D eigenvalue weighted by Crippen LogP contribution is 2.39. The number of carbonyl (C=O) groups excluding carboxylic acids is 1. The molecule has 0 bridgehead atoms. The topological polar surface area (TPSA) is 32.8 Å². The summed E-state index contributed by atoms with van der Waals surface area (Å²) in [5.41, 5.74) is 3.26. The predicted molar refractivity (Wildman–Crippen MR) is 111 cm³/mol. The SMILES string of the molecule is COc1ccc([C@@H]2Cc3cc(Cl)ccc3N(CCN(C)C)C(=O)[C@@H]2C)cc1. The van der Waals surface area contributed by atoms with Crippen molar-refractivity contribution in [1.82, 2.24) is 4.90 Å². The molecule has 2 atom stereocenters. The molecule has 0 spiro atoms. The maximum absolute atomic E-state index is 13.4. The van der Waals surface area contributed by atoms with Crippen molar-refractivity contribution in [2.45, 2.75) is 19.3 Å². The summed E-state index contributed by atoms with van der Waals surface area (Å²) in [4.78, 5) is 17.4. The number of fused-ring (bicyclic) bond motifs is 1. The van der Waals surface area contributed by atoms with Gasteiger partial charge in [0.15, 0.2) is 0 Å². The van der Waals surface area contributed by atoms with Crippen molar-refractivity contribution in [3.8, 4) is 5.75 Å². The average Bonchev–Trinajstić information content (AvgIpc) is 2.75. The largest absolute Gasteiger partial charge is 0.497 e. The minimum absolute atomic E-state index is 0.102. The Morgan fingerprint density at radius 3 is 2.52 bits per heavy atom. The standard InChI is InChI=1S/C22H27ClN2O2/c1-15-20(16-5-8-19(27-4)9-6-16)14-17-13-18(23)7-10-21(17)25(22(15)26)12-11-24(2)3/h5-10,13,15,20H,11-12,14H2,1-4H3/t15-,20-/m1/s1. The fraction of sp³-hybridized carbons (Fsp3) is 0.409. The number of amides is 1. The van der Waals surface area contributed by atoms with Gasteiger partial charge in [-0.05, 0) is 67.9 Å². The van der Waals surface area contributed by atoms with Gasteiger partial charge in [0.1, 0.15) is 5.75 Å². The molecule has 5 heteroatoms. The van der Waals surface area contributed by atoms with Crippen LogP contribution in [0, 0.1) is 5.92 Å². The summed E-state index contributed by atoms with van der Waals surface area (Å²) in [6.07, 6.45) is 0.785. The molecule has 0 fully saturated rings. The molecular weight excluding hydrogens is 360 g/mol. The van der Waals surface area contributed by atoms with E-state index in [1.807, 2.05) is 56.3 Å². The van der Waals surface area contributed by atoms with E-state index in [0.717, 1.165) is 35.5 Å². The average molecular weight is 387 g/mol. The highest BCUT2D eigenvalue weighted by Gasteiger charge is 2.35. The minimum atomic E-state index is -0.119. The van der Waals surface area contributed by atoms with E-state index in [1.165, 1.54) is 0 Å². The summed E-state index contributed by atoms with van der Waals surface area (Å²) in [7, 11) is 5.71. The molecule has 1 aliphatic rings. The zero-order chi connectivity index (χ0) is 19.6. The number of methoxy groups -OCH3 is 1. The second kappa shape index (κ2) is 8.32. The lowest BCUT2D eigenvalue weighted by Gasteiger charge is -2.27. The second-order valence-corrected chi connectivity index (χ2v) is 7.88. The first-order chi connectivity index (χ1) is 12.9. The van der Waals surface area contributed by atoms with Crippen molar-refractivity contribution in [2.24, 2.45) is 5.92 Å². The van der Waals surface area contributed by atoms with Gasteiger partial charge in [0.25, 0.3) is 0 Å². The Labute approximate surface area is 166 Å². The Balaban J connectivity index is 2.01. The van der Waals surface area contributed by atoms with Gasteiger partial charge in [-0.15, -0.1) is 0 Å². The molecule has 1 heterocycles. The Kier molecular flexibility index (Phi) is 6.08. The van der Waals surface area contributed by atoms with Gasteiger partial charge in [0.2, 0.25) is 5.91 Å². The lowest BCUT2D eigenvalue weighted by atomic mass is 9.83. The quantitative estimate of drug-likeness (QED) is 0.771. The number of likely N-dealkylation sites (N-methyl/N-ethyl adjacent to an activating group) is 1. The molecule has 0 unspecified atom stereocenters. The third-order valence-electron chi connectivity index (χ3n) is 5.35. The van der Waals surface area contributed by atoms with E-state index in [1.54, 1.807) is 7.11 Å². The van der Waals surface area contributed by atoms with Crippen LogP contribution in [0.5, 0.6) is 5.75 Å². The van der Waals surface area contributed by atoms with Crippen LogP contribution in [0.3, 0.4) is 0 Å². The number of benzene rings is 2. The van der Waals surface area contributed by atoms with Crippen molar-refractivity contribution in [3.63, 3.8) is 0 Å². The van der Waals surface area contributed by atoms with Crippen LogP contribution in [0.25, 0.3) is 0 Å². The number of rotatable bonds is 5. The van der Waals surface area contributed by atoms with Gasteiger partial charge in [-0.25, -0.2) is 0 Å². The zero-order valence-corrected chi connectivity index (χ0v) is 17.2. The van der Waals surface area contributed by atoms with Gasteiger partial charge in [-0.3, -0.25) is 4.79 Å². The maximum Gasteiger partial charge on any atom is 0.230 e. The zero-order valence-electron chi connectivity index (χ0n) is 16.4. The molecule has 1 aliphatic heterocycles. The Bertz CT molecular complexity index is 804. The summed E-state index contributed by atoms with van der Waals surface area (Å²) in [6.45, 7) is 3.52. The van der Waals surface area contributed by atoms with Gasteiger partial charge in [0, 0.05) is 29.7 Å². The van der Waals surface area contributed by atoms with Crippen LogP contribution >= 0.6 is 11.6 Å². The molecule has 0 aliphatic carbocycles. The molecule has 0 radical (unpaired) electrons. The third kappa shape index (κ3) is 4.28. The molecule has 0 N–H and O–H groups in total. The fourth-order valence-corrected chi connectivity index (χ4v) is 3.91. The maximum atomic E-state index is 13.4. The number of nitrogens with zero attached hydrogens (tertiary/aromatic N) is 2. The van der Waals surface area contributed by atoms with Crippen LogP contribution in [0.1, 0.15) is 24.0 Å². The minimum Gasteiger partial charge on any atom is -0.497 e. The Hall–Kier alpha value is -2.04. The number of halogens is 1. The van der Waals surface area contributed by atoms with Gasteiger partial charge in [0.05, 0.1) is 7.11 Å². The van der Waals surface area contributed by atoms with Gasteiger partial charge >= 0.3 is 0 Å². The van der Waals surface area contributed by atoms with Crippen LogP contribution in [-0.4, -0.2) is 45.1 Å². The number of anilines is 1. The first kappa shape index (κ1) is 19.7. The smallest absolute Gasteiger partial charge is 0.230 e. The van der Waals surface area contributed by atoms with E-state index in [0.29, 0.717) is 11.6 Å². The lowest BCUT2D eigenvalue weighted by molar-refractivity contribution is -0.122. The van der Waals surface area contributed by atoms with Crippen molar-refractivity contribution in [3.05, 3.63) is 58.6 Å². The second-order valence-electron chi connectivity index (χ2n) is 7.44. The highest BCUT2D eigenvalue weighted by molar-refractivity contribution is 6.30. The first-order valence-electron chi connectivity index (χ1n) is 9.29. The van der Waals surface area contributed by atoms with E-state index in [2.05, 4.69) is 17.0 Å². The normalized spacial score (nSPS) is 19.8. The summed E-state index contributed by atoms with van der Waals surface area (Å²) < 4.78 is 5.28. The molecule has 4 nitrogen and oxygen atoms in total. The fourth-order valence-electron chi connectivity index (χ4n) is 3.72. The number of ether oxygens (including phenoxy) is 1. The van der Waals surface area contributed by atoms with Crippen molar-refractivity contribution >= 4 is 23.2 Å². The van der Waals surface area contributed by atoms with Crippen molar-refractivity contribution in [2.75, 3.05) is 39.2 Å². The van der Waals surface area contributed by atoms with Crippen molar-refractivity contribution in [1.29, 1.82) is 0 Å². The number of carbonyl (C=O) groups is 1. The van der Waals surface area contributed by atoms with E-state index >= 15 is 0 Å². The van der Waals surface area contributed by atoms with Crippen LogP contribution in [0.4, 0.5) is 5.69 Å². The third-order valence-corrected chi connectivity index (χ3v) is 5.58. The molecule has 0 saturated heterocycles. The monoisotopic (exact) mass is 386 g/mol. The molecule has 0 aromatic heterocycles. The van der Waals surface area contributed by atoms with Gasteiger partial charge in [-0.2, -0.15) is 0 Å². The van der Waals surface area contributed by atoms with E-state index in [9.17, 15) is 4.79 Å². The number of hydrogen-bond donors (Lipinski definition) is 0.